The predicted octanol–water partition coefficient (Wildman–Crippen LogP) is 2.84. The summed E-state index contributed by atoms with van der Waals surface area (Å²) in [7, 11) is 0. The van der Waals surface area contributed by atoms with Gasteiger partial charge in [0.15, 0.2) is 0 Å². The van der Waals surface area contributed by atoms with E-state index in [0.717, 1.165) is 17.5 Å². The van der Waals surface area contributed by atoms with Crippen molar-refractivity contribution in [2.75, 3.05) is 0 Å². The van der Waals surface area contributed by atoms with Gasteiger partial charge in [0.2, 0.25) is 0 Å². The molecule has 0 saturated heterocycles. The van der Waals surface area contributed by atoms with Gasteiger partial charge in [-0.25, -0.2) is 4.39 Å². The third kappa shape index (κ3) is 2.87. The molecule has 0 fully saturated rings. The zero-order valence-corrected chi connectivity index (χ0v) is 7.68. The number of nitrogens with zero attached hydrogens (tertiary/aromatic N) is 1. The summed E-state index contributed by atoms with van der Waals surface area (Å²) in [5.41, 5.74) is 1.91. The third-order valence-electron chi connectivity index (χ3n) is 1.95. The van der Waals surface area contributed by atoms with E-state index in [2.05, 4.69) is 6.07 Å². The predicted molar refractivity (Wildman–Crippen MR) is 49.7 cm³/mol. The summed E-state index contributed by atoms with van der Waals surface area (Å²) < 4.78 is 13.0. The zero-order chi connectivity index (χ0) is 9.68. The molecule has 1 aromatic carbocycles. The molecule has 0 N–H and O–H groups in total. The number of benzene rings is 1. The first-order valence-corrected chi connectivity index (χ1v) is 4.41. The van der Waals surface area contributed by atoms with E-state index in [1.54, 1.807) is 0 Å². The Labute approximate surface area is 77.8 Å². The maximum absolute atomic E-state index is 13.0. The third-order valence-corrected chi connectivity index (χ3v) is 1.95. The molecule has 1 nitrogen and oxygen atoms in total. The van der Waals surface area contributed by atoms with Gasteiger partial charge in [0, 0.05) is 6.42 Å². The highest BCUT2D eigenvalue weighted by Crippen LogP contribution is 2.11. The van der Waals surface area contributed by atoms with Gasteiger partial charge in [-0.1, -0.05) is 13.0 Å². The molecule has 0 amide bonds. The largest absolute Gasteiger partial charge is 0.207 e. The molecule has 0 unspecified atom stereocenters. The summed E-state index contributed by atoms with van der Waals surface area (Å²) in [6.07, 6.45) is 1.92. The van der Waals surface area contributed by atoms with Crippen LogP contribution in [0.25, 0.3) is 0 Å². The summed E-state index contributed by atoms with van der Waals surface area (Å²) in [6.45, 7) is 1.99. The van der Waals surface area contributed by atoms with Gasteiger partial charge in [0.25, 0.3) is 0 Å². The van der Waals surface area contributed by atoms with Crippen LogP contribution < -0.4 is 0 Å². The average molecular weight is 177 g/mol. The van der Waals surface area contributed by atoms with Gasteiger partial charge in [-0.05, 0) is 36.1 Å². The Morgan fingerprint density at radius 1 is 1.31 bits per heavy atom. The van der Waals surface area contributed by atoms with Crippen molar-refractivity contribution in [2.45, 2.75) is 26.2 Å². The van der Waals surface area contributed by atoms with E-state index in [1.165, 1.54) is 12.1 Å². The van der Waals surface area contributed by atoms with Crippen molar-refractivity contribution in [1.82, 2.24) is 0 Å². The van der Waals surface area contributed by atoms with Gasteiger partial charge in [-0.2, -0.15) is 5.26 Å². The Bertz CT molecular complexity index is 325. The summed E-state index contributed by atoms with van der Waals surface area (Å²) in [5, 5.41) is 8.38. The number of aryl methyl sites for hydroxylation is 2. The van der Waals surface area contributed by atoms with Gasteiger partial charge in [0.1, 0.15) is 5.82 Å². The highest BCUT2D eigenvalue weighted by Gasteiger charge is 1.99. The van der Waals surface area contributed by atoms with E-state index in [9.17, 15) is 4.39 Å². The van der Waals surface area contributed by atoms with Crippen molar-refractivity contribution in [2.24, 2.45) is 0 Å². The van der Waals surface area contributed by atoms with Crippen molar-refractivity contribution in [1.29, 1.82) is 5.26 Å². The number of rotatable bonds is 3. The lowest BCUT2D eigenvalue weighted by atomic mass is 10.1. The van der Waals surface area contributed by atoms with Gasteiger partial charge >= 0.3 is 0 Å². The van der Waals surface area contributed by atoms with E-state index in [4.69, 9.17) is 5.26 Å². The Morgan fingerprint density at radius 3 is 2.62 bits per heavy atom. The lowest BCUT2D eigenvalue weighted by molar-refractivity contribution is 0.623. The van der Waals surface area contributed by atoms with E-state index in [-0.39, 0.29) is 5.82 Å². The molecule has 13 heavy (non-hydrogen) atoms. The summed E-state index contributed by atoms with van der Waals surface area (Å²) in [4.78, 5) is 0. The molecule has 0 atom stereocenters. The molecule has 1 aromatic rings. The first kappa shape index (κ1) is 9.73. The minimum absolute atomic E-state index is 0.202. The molecule has 68 valence electrons. The van der Waals surface area contributed by atoms with Gasteiger partial charge < -0.3 is 0 Å². The first-order valence-electron chi connectivity index (χ1n) is 4.41. The highest BCUT2D eigenvalue weighted by molar-refractivity contribution is 5.25. The zero-order valence-electron chi connectivity index (χ0n) is 7.68. The second kappa shape index (κ2) is 4.61. The highest BCUT2D eigenvalue weighted by atomic mass is 19.1. The van der Waals surface area contributed by atoms with Gasteiger partial charge in [-0.3, -0.25) is 0 Å². The molecular formula is C11H12FN. The van der Waals surface area contributed by atoms with Crippen LogP contribution in [0.2, 0.25) is 0 Å². The number of hydrogen-bond acceptors (Lipinski definition) is 1. The van der Waals surface area contributed by atoms with Crippen molar-refractivity contribution >= 4 is 0 Å². The molecule has 0 aliphatic heterocycles. The van der Waals surface area contributed by atoms with E-state index < -0.39 is 0 Å². The Kier molecular flexibility index (Phi) is 3.45. The molecule has 0 aromatic heterocycles. The molecule has 0 aliphatic rings. The summed E-state index contributed by atoms with van der Waals surface area (Å²) in [6, 6.07) is 7.04. The molecule has 2 heteroatoms. The summed E-state index contributed by atoms with van der Waals surface area (Å²) >= 11 is 0. The standard InChI is InChI=1S/C11H12FN/c1-2-9-6-10(4-3-5-13)8-11(12)7-9/h6-8H,2-4H2,1H3. The molecule has 0 spiro atoms. The molecule has 1 rings (SSSR count). The molecule has 0 bridgehead atoms. The van der Waals surface area contributed by atoms with Crippen molar-refractivity contribution in [3.63, 3.8) is 0 Å². The Balaban J connectivity index is 2.83. The molecule has 0 saturated carbocycles. The van der Waals surface area contributed by atoms with Crippen LogP contribution in [-0.2, 0) is 12.8 Å². The van der Waals surface area contributed by atoms with Crippen LogP contribution >= 0.6 is 0 Å². The smallest absolute Gasteiger partial charge is 0.123 e. The fourth-order valence-corrected chi connectivity index (χ4v) is 1.27. The topological polar surface area (TPSA) is 23.8 Å². The van der Waals surface area contributed by atoms with Crippen molar-refractivity contribution in [3.8, 4) is 6.07 Å². The van der Waals surface area contributed by atoms with Crippen LogP contribution in [-0.4, -0.2) is 0 Å². The molecule has 0 heterocycles. The van der Waals surface area contributed by atoms with Crippen molar-refractivity contribution in [3.05, 3.63) is 35.1 Å². The van der Waals surface area contributed by atoms with Crippen molar-refractivity contribution < 1.29 is 4.39 Å². The fraction of sp³-hybridized carbons (Fsp3) is 0.364. The minimum Gasteiger partial charge on any atom is -0.207 e. The van der Waals surface area contributed by atoms with Crippen LogP contribution in [0.15, 0.2) is 18.2 Å². The fourth-order valence-electron chi connectivity index (χ4n) is 1.27. The number of halogens is 1. The number of nitriles is 1. The average Bonchev–Trinajstić information content (AvgIpc) is 2.14. The normalized spacial score (nSPS) is 9.62. The monoisotopic (exact) mass is 177 g/mol. The van der Waals surface area contributed by atoms with Crippen LogP contribution in [0.4, 0.5) is 4.39 Å². The van der Waals surface area contributed by atoms with Gasteiger partial charge in [-0.15, -0.1) is 0 Å². The second-order valence-electron chi connectivity index (χ2n) is 2.98. The maximum atomic E-state index is 13.0. The van der Waals surface area contributed by atoms with E-state index in [1.807, 2.05) is 13.0 Å². The SMILES string of the molecule is CCc1cc(F)cc(CCC#N)c1. The molecular weight excluding hydrogens is 165 g/mol. The van der Waals surface area contributed by atoms with Crippen LogP contribution in [0.3, 0.4) is 0 Å². The van der Waals surface area contributed by atoms with Crippen LogP contribution in [0.1, 0.15) is 24.5 Å². The minimum atomic E-state index is -0.202. The van der Waals surface area contributed by atoms with E-state index >= 15 is 0 Å². The Morgan fingerprint density at radius 2 is 2.00 bits per heavy atom. The summed E-state index contributed by atoms with van der Waals surface area (Å²) in [5.74, 6) is -0.202. The Hall–Kier alpha value is -1.36. The molecule has 0 radical (unpaired) electrons. The number of hydrogen-bond donors (Lipinski definition) is 0. The lowest BCUT2D eigenvalue weighted by Gasteiger charge is -2.01. The van der Waals surface area contributed by atoms with E-state index in [0.29, 0.717) is 12.8 Å². The lowest BCUT2D eigenvalue weighted by Crippen LogP contribution is -1.90. The maximum Gasteiger partial charge on any atom is 0.123 e. The van der Waals surface area contributed by atoms with Crippen LogP contribution in [0, 0.1) is 17.1 Å². The molecule has 0 aliphatic carbocycles. The van der Waals surface area contributed by atoms with Gasteiger partial charge in [0.05, 0.1) is 6.07 Å². The second-order valence-corrected chi connectivity index (χ2v) is 2.98. The van der Waals surface area contributed by atoms with Crippen LogP contribution in [0.5, 0.6) is 0 Å². The first-order chi connectivity index (χ1) is 6.26. The quantitative estimate of drug-likeness (QED) is 0.696.